The summed E-state index contributed by atoms with van der Waals surface area (Å²) in [6, 6.07) is 1.99. The van der Waals surface area contributed by atoms with Gasteiger partial charge in [0.05, 0.1) is 0 Å². The van der Waals surface area contributed by atoms with Crippen LogP contribution in [0.1, 0.15) is 4.88 Å². The van der Waals surface area contributed by atoms with Gasteiger partial charge in [0.2, 0.25) is 5.91 Å². The molecule has 1 saturated heterocycles. The molecule has 0 aromatic carbocycles. The number of rotatable bonds is 3. The molecule has 0 spiro atoms. The number of thiophene rings is 1. The van der Waals surface area contributed by atoms with Gasteiger partial charge in [-0.1, -0.05) is 0 Å². The normalized spacial score (nSPS) is 21.4. The summed E-state index contributed by atoms with van der Waals surface area (Å²) >= 11 is 5.26. The molecular formula is C11H16BrN3OS. The lowest BCUT2D eigenvalue weighted by Gasteiger charge is -2.34. The molecule has 2 rings (SSSR count). The summed E-state index contributed by atoms with van der Waals surface area (Å²) in [5.41, 5.74) is 0. The van der Waals surface area contributed by atoms with Crippen LogP contribution in [0.25, 0.3) is 0 Å². The average Bonchev–Trinajstić information content (AvgIpc) is 2.75. The first-order valence-corrected chi connectivity index (χ1v) is 7.28. The number of nitrogens with one attached hydrogen (secondary N) is 2. The second kappa shape index (κ2) is 5.95. The predicted octanol–water partition coefficient (Wildman–Crippen LogP) is 1.03. The van der Waals surface area contributed by atoms with Crippen molar-refractivity contribution < 1.29 is 4.79 Å². The van der Waals surface area contributed by atoms with Crippen molar-refractivity contribution in [3.05, 3.63) is 20.8 Å². The molecule has 1 unspecified atom stereocenters. The highest BCUT2D eigenvalue weighted by Gasteiger charge is 2.28. The van der Waals surface area contributed by atoms with E-state index in [1.54, 1.807) is 18.4 Å². The second-order valence-electron chi connectivity index (χ2n) is 4.00. The van der Waals surface area contributed by atoms with Crippen molar-refractivity contribution in [2.24, 2.45) is 0 Å². The Balaban J connectivity index is 2.06. The van der Waals surface area contributed by atoms with E-state index in [0.29, 0.717) is 0 Å². The fourth-order valence-corrected chi connectivity index (χ4v) is 3.49. The van der Waals surface area contributed by atoms with Gasteiger partial charge < -0.3 is 10.6 Å². The van der Waals surface area contributed by atoms with Gasteiger partial charge in [0.25, 0.3) is 0 Å². The maximum absolute atomic E-state index is 11.8. The van der Waals surface area contributed by atoms with Crippen LogP contribution in [0.15, 0.2) is 15.9 Å². The number of piperazine rings is 1. The number of carbonyl (C=O) groups is 1. The van der Waals surface area contributed by atoms with E-state index in [1.807, 2.05) is 0 Å². The first-order valence-electron chi connectivity index (χ1n) is 5.60. The lowest BCUT2D eigenvalue weighted by molar-refractivity contribution is -0.126. The Bertz CT molecular complexity index is 396. The van der Waals surface area contributed by atoms with Crippen molar-refractivity contribution in [3.63, 3.8) is 0 Å². The monoisotopic (exact) mass is 317 g/mol. The average molecular weight is 318 g/mol. The summed E-state index contributed by atoms with van der Waals surface area (Å²) in [7, 11) is 1.69. The summed E-state index contributed by atoms with van der Waals surface area (Å²) in [6.45, 7) is 3.40. The molecule has 1 fully saturated rings. The molecule has 94 valence electrons. The Kier molecular flexibility index (Phi) is 4.55. The van der Waals surface area contributed by atoms with Crippen LogP contribution in [0.4, 0.5) is 0 Å². The number of hydrogen-bond acceptors (Lipinski definition) is 4. The van der Waals surface area contributed by atoms with E-state index in [9.17, 15) is 4.79 Å². The van der Waals surface area contributed by atoms with Gasteiger partial charge in [-0.25, -0.2) is 0 Å². The fourth-order valence-electron chi connectivity index (χ4n) is 1.98. The van der Waals surface area contributed by atoms with Crippen LogP contribution in [0, 0.1) is 0 Å². The van der Waals surface area contributed by atoms with E-state index >= 15 is 0 Å². The summed E-state index contributed by atoms with van der Waals surface area (Å²) in [6.07, 6.45) is 0. The van der Waals surface area contributed by atoms with Gasteiger partial charge in [-0.2, -0.15) is 0 Å². The van der Waals surface area contributed by atoms with Gasteiger partial charge >= 0.3 is 0 Å². The number of halogens is 1. The first-order chi connectivity index (χ1) is 8.22. The zero-order valence-electron chi connectivity index (χ0n) is 9.70. The number of carbonyl (C=O) groups excluding carboxylic acids is 1. The number of nitrogens with zero attached hydrogens (tertiary/aromatic N) is 1. The predicted molar refractivity (Wildman–Crippen MR) is 73.2 cm³/mol. The van der Waals surface area contributed by atoms with E-state index < -0.39 is 0 Å². The molecule has 0 radical (unpaired) electrons. The van der Waals surface area contributed by atoms with Crippen molar-refractivity contribution >= 4 is 33.2 Å². The van der Waals surface area contributed by atoms with Crippen molar-refractivity contribution in [2.75, 3.05) is 26.7 Å². The minimum atomic E-state index is -0.0669. The maximum atomic E-state index is 11.8. The Hall–Kier alpha value is -0.430. The third kappa shape index (κ3) is 3.07. The van der Waals surface area contributed by atoms with E-state index in [0.717, 1.165) is 30.7 Å². The molecule has 1 atom stereocenters. The van der Waals surface area contributed by atoms with Crippen LogP contribution in [-0.4, -0.2) is 43.5 Å². The highest BCUT2D eigenvalue weighted by atomic mass is 79.9. The summed E-state index contributed by atoms with van der Waals surface area (Å²) in [5.74, 6) is 0.0879. The largest absolute Gasteiger partial charge is 0.358 e. The van der Waals surface area contributed by atoms with Gasteiger partial charge in [-0.15, -0.1) is 11.3 Å². The van der Waals surface area contributed by atoms with Crippen LogP contribution in [-0.2, 0) is 11.3 Å². The molecule has 1 aromatic rings. The Labute approximate surface area is 114 Å². The SMILES string of the molecule is CNC(=O)C1CNCCN1Cc1sccc1Br. The van der Waals surface area contributed by atoms with Crippen LogP contribution in [0.3, 0.4) is 0 Å². The zero-order chi connectivity index (χ0) is 12.3. The molecule has 2 heterocycles. The van der Waals surface area contributed by atoms with E-state index in [4.69, 9.17) is 0 Å². The molecule has 1 amide bonds. The number of hydrogen-bond donors (Lipinski definition) is 2. The van der Waals surface area contributed by atoms with Crippen LogP contribution in [0.5, 0.6) is 0 Å². The molecule has 0 saturated carbocycles. The topological polar surface area (TPSA) is 44.4 Å². The van der Waals surface area contributed by atoms with Gasteiger partial charge in [-0.05, 0) is 27.4 Å². The van der Waals surface area contributed by atoms with E-state index in [2.05, 4.69) is 42.9 Å². The second-order valence-corrected chi connectivity index (χ2v) is 5.85. The summed E-state index contributed by atoms with van der Waals surface area (Å²) < 4.78 is 1.14. The molecule has 1 aliphatic heterocycles. The Morgan fingerprint density at radius 2 is 2.59 bits per heavy atom. The molecule has 1 aliphatic rings. The molecule has 2 N–H and O–H groups in total. The van der Waals surface area contributed by atoms with Crippen molar-refractivity contribution in [1.82, 2.24) is 15.5 Å². The van der Waals surface area contributed by atoms with Gasteiger partial charge in [0, 0.05) is 42.6 Å². The van der Waals surface area contributed by atoms with E-state index in [-0.39, 0.29) is 11.9 Å². The highest BCUT2D eigenvalue weighted by molar-refractivity contribution is 9.10. The lowest BCUT2D eigenvalue weighted by atomic mass is 10.1. The van der Waals surface area contributed by atoms with Crippen LogP contribution in [0.2, 0.25) is 0 Å². The highest BCUT2D eigenvalue weighted by Crippen LogP contribution is 2.25. The minimum absolute atomic E-state index is 0.0669. The van der Waals surface area contributed by atoms with E-state index in [1.165, 1.54) is 4.88 Å². The van der Waals surface area contributed by atoms with Crippen LogP contribution < -0.4 is 10.6 Å². The molecule has 1 aromatic heterocycles. The molecule has 4 nitrogen and oxygen atoms in total. The molecule has 0 aliphatic carbocycles. The van der Waals surface area contributed by atoms with Gasteiger partial charge in [0.1, 0.15) is 6.04 Å². The molecule has 17 heavy (non-hydrogen) atoms. The van der Waals surface area contributed by atoms with Crippen LogP contribution >= 0.6 is 27.3 Å². The smallest absolute Gasteiger partial charge is 0.238 e. The third-order valence-corrected chi connectivity index (χ3v) is 4.85. The molecular weight excluding hydrogens is 302 g/mol. The van der Waals surface area contributed by atoms with Crippen molar-refractivity contribution in [1.29, 1.82) is 0 Å². The molecule has 0 bridgehead atoms. The van der Waals surface area contributed by atoms with Crippen molar-refractivity contribution in [3.8, 4) is 0 Å². The quantitative estimate of drug-likeness (QED) is 0.875. The summed E-state index contributed by atoms with van der Waals surface area (Å²) in [4.78, 5) is 15.3. The van der Waals surface area contributed by atoms with Gasteiger partial charge in [0.15, 0.2) is 0 Å². The standard InChI is InChI=1S/C11H16BrN3OS/c1-13-11(16)9-6-14-3-4-15(9)7-10-8(12)2-5-17-10/h2,5,9,14H,3-4,6-7H2,1H3,(H,13,16). The summed E-state index contributed by atoms with van der Waals surface area (Å²) in [5, 5.41) is 8.06. The zero-order valence-corrected chi connectivity index (χ0v) is 12.1. The van der Waals surface area contributed by atoms with Gasteiger partial charge in [-0.3, -0.25) is 9.69 Å². The fraction of sp³-hybridized carbons (Fsp3) is 0.545. The molecule has 6 heteroatoms. The number of likely N-dealkylation sites (N-methyl/N-ethyl adjacent to an activating group) is 1. The Morgan fingerprint density at radius 3 is 3.24 bits per heavy atom. The first kappa shape index (κ1) is 13.0. The number of amides is 1. The maximum Gasteiger partial charge on any atom is 0.238 e. The minimum Gasteiger partial charge on any atom is -0.358 e. The third-order valence-electron chi connectivity index (χ3n) is 2.94. The van der Waals surface area contributed by atoms with Crippen molar-refractivity contribution in [2.45, 2.75) is 12.6 Å². The Morgan fingerprint density at radius 1 is 1.76 bits per heavy atom. The lowest BCUT2D eigenvalue weighted by Crippen LogP contribution is -2.56.